The second-order valence-corrected chi connectivity index (χ2v) is 5.76. The first kappa shape index (κ1) is 19.7. The average molecular weight is 399 g/mol. The fraction of sp³-hybridized carbons (Fsp3) is 0.312. The van der Waals surface area contributed by atoms with Gasteiger partial charge in [0.25, 0.3) is 11.6 Å². The SMILES string of the molecule is CCOC(=O)C(=O)C(=O)C(=O)C(=O)c1ccc(Br)cc1OC(C)C. The lowest BCUT2D eigenvalue weighted by atomic mass is 10.0. The smallest absolute Gasteiger partial charge is 0.383 e. The van der Waals surface area contributed by atoms with Crippen molar-refractivity contribution in [3.8, 4) is 5.75 Å². The zero-order chi connectivity index (χ0) is 18.4. The Morgan fingerprint density at radius 3 is 2.21 bits per heavy atom. The highest BCUT2D eigenvalue weighted by molar-refractivity contribution is 9.10. The van der Waals surface area contributed by atoms with E-state index in [2.05, 4.69) is 20.7 Å². The van der Waals surface area contributed by atoms with Crippen LogP contribution in [0.2, 0.25) is 0 Å². The van der Waals surface area contributed by atoms with Crippen LogP contribution < -0.4 is 4.74 Å². The van der Waals surface area contributed by atoms with E-state index in [1.165, 1.54) is 25.1 Å². The van der Waals surface area contributed by atoms with Gasteiger partial charge in [0.2, 0.25) is 5.78 Å². The number of Topliss-reactive ketones (excluding diaryl/α,β-unsaturated/α-hetero) is 4. The Balaban J connectivity index is 3.09. The van der Waals surface area contributed by atoms with Gasteiger partial charge in [-0.3, -0.25) is 19.2 Å². The Morgan fingerprint density at radius 1 is 1.04 bits per heavy atom. The normalized spacial score (nSPS) is 10.2. The van der Waals surface area contributed by atoms with E-state index in [-0.39, 0.29) is 24.0 Å². The van der Waals surface area contributed by atoms with Crippen molar-refractivity contribution < 1.29 is 33.4 Å². The Morgan fingerprint density at radius 2 is 1.67 bits per heavy atom. The first-order chi connectivity index (χ1) is 11.2. The molecule has 0 amide bonds. The van der Waals surface area contributed by atoms with E-state index in [4.69, 9.17) is 4.74 Å². The van der Waals surface area contributed by atoms with E-state index in [9.17, 15) is 24.0 Å². The topological polar surface area (TPSA) is 104 Å². The van der Waals surface area contributed by atoms with Crippen molar-refractivity contribution in [2.24, 2.45) is 0 Å². The van der Waals surface area contributed by atoms with Crippen molar-refractivity contribution in [2.75, 3.05) is 6.61 Å². The monoisotopic (exact) mass is 398 g/mol. The van der Waals surface area contributed by atoms with Crippen LogP contribution in [0.4, 0.5) is 0 Å². The average Bonchev–Trinajstić information content (AvgIpc) is 2.52. The lowest BCUT2D eigenvalue weighted by Gasteiger charge is -2.13. The van der Waals surface area contributed by atoms with Crippen molar-refractivity contribution in [2.45, 2.75) is 26.9 Å². The standard InChI is InChI=1S/C16H15BrO7/c1-4-23-16(22)15(21)14(20)13(19)12(18)10-6-5-9(17)7-11(10)24-8(2)3/h5-8H,4H2,1-3H3. The predicted octanol–water partition coefficient (Wildman–Crippen LogP) is 1.69. The van der Waals surface area contributed by atoms with Gasteiger partial charge < -0.3 is 9.47 Å². The summed E-state index contributed by atoms with van der Waals surface area (Å²) in [7, 11) is 0. The minimum absolute atomic E-state index is 0.0779. The van der Waals surface area contributed by atoms with Crippen LogP contribution in [0.3, 0.4) is 0 Å². The third-order valence-corrected chi connectivity index (χ3v) is 3.12. The zero-order valence-electron chi connectivity index (χ0n) is 13.3. The van der Waals surface area contributed by atoms with Crippen molar-refractivity contribution in [1.29, 1.82) is 0 Å². The summed E-state index contributed by atoms with van der Waals surface area (Å²) in [6, 6.07) is 4.22. The van der Waals surface area contributed by atoms with Gasteiger partial charge in [-0.1, -0.05) is 15.9 Å². The van der Waals surface area contributed by atoms with E-state index >= 15 is 0 Å². The van der Waals surface area contributed by atoms with Gasteiger partial charge in [0.05, 0.1) is 18.3 Å². The van der Waals surface area contributed by atoms with Crippen LogP contribution in [-0.4, -0.2) is 41.8 Å². The molecule has 24 heavy (non-hydrogen) atoms. The minimum Gasteiger partial charge on any atom is -0.490 e. The maximum atomic E-state index is 12.2. The molecule has 0 spiro atoms. The third kappa shape index (κ3) is 4.82. The lowest BCUT2D eigenvalue weighted by molar-refractivity contribution is -0.157. The van der Waals surface area contributed by atoms with Crippen LogP contribution >= 0.6 is 15.9 Å². The molecule has 0 radical (unpaired) electrons. The second kappa shape index (κ2) is 8.49. The number of rotatable bonds is 8. The van der Waals surface area contributed by atoms with E-state index in [1.54, 1.807) is 13.8 Å². The molecule has 0 saturated carbocycles. The Hall–Kier alpha value is -2.35. The molecule has 1 aromatic carbocycles. The second-order valence-electron chi connectivity index (χ2n) is 4.84. The summed E-state index contributed by atoms with van der Waals surface area (Å²) in [6.45, 7) is 4.72. The molecule has 128 valence electrons. The van der Waals surface area contributed by atoms with E-state index < -0.39 is 29.1 Å². The fourth-order valence-corrected chi connectivity index (χ4v) is 1.99. The number of carbonyl (C=O) groups excluding carboxylic acids is 5. The fourth-order valence-electron chi connectivity index (χ4n) is 1.65. The maximum absolute atomic E-state index is 12.2. The van der Waals surface area contributed by atoms with Crippen LogP contribution in [0.5, 0.6) is 5.75 Å². The zero-order valence-corrected chi connectivity index (χ0v) is 14.8. The summed E-state index contributed by atoms with van der Waals surface area (Å²) in [4.78, 5) is 58.5. The molecule has 0 atom stereocenters. The summed E-state index contributed by atoms with van der Waals surface area (Å²) >= 11 is 3.20. The number of benzene rings is 1. The number of hydrogen-bond acceptors (Lipinski definition) is 7. The molecule has 1 rings (SSSR count). The van der Waals surface area contributed by atoms with Crippen molar-refractivity contribution in [3.63, 3.8) is 0 Å². The summed E-state index contributed by atoms with van der Waals surface area (Å²) < 4.78 is 10.4. The van der Waals surface area contributed by atoms with Gasteiger partial charge in [0.1, 0.15) is 5.75 Å². The largest absolute Gasteiger partial charge is 0.490 e. The highest BCUT2D eigenvalue weighted by atomic mass is 79.9. The number of ether oxygens (including phenoxy) is 2. The highest BCUT2D eigenvalue weighted by Crippen LogP contribution is 2.25. The Bertz CT molecular complexity index is 706. The lowest BCUT2D eigenvalue weighted by Crippen LogP contribution is -2.36. The molecule has 0 aromatic heterocycles. The Labute approximate surface area is 146 Å². The number of hydrogen-bond donors (Lipinski definition) is 0. The molecule has 0 bridgehead atoms. The molecular weight excluding hydrogens is 384 g/mol. The van der Waals surface area contributed by atoms with E-state index in [0.29, 0.717) is 4.47 Å². The summed E-state index contributed by atoms with van der Waals surface area (Å²) in [5.41, 5.74) is -0.179. The maximum Gasteiger partial charge on any atom is 0.383 e. The quantitative estimate of drug-likeness (QED) is 0.284. The van der Waals surface area contributed by atoms with Gasteiger partial charge >= 0.3 is 11.8 Å². The van der Waals surface area contributed by atoms with Gasteiger partial charge in [-0.2, -0.15) is 0 Å². The molecule has 0 saturated heterocycles. The van der Waals surface area contributed by atoms with Gasteiger partial charge in [-0.05, 0) is 39.0 Å². The molecule has 8 heteroatoms. The number of halogens is 1. The minimum atomic E-state index is -1.74. The van der Waals surface area contributed by atoms with Crippen LogP contribution in [0.1, 0.15) is 31.1 Å². The molecular formula is C16H15BrO7. The van der Waals surface area contributed by atoms with Gasteiger partial charge in [0, 0.05) is 4.47 Å². The van der Waals surface area contributed by atoms with Crippen molar-refractivity contribution in [1.82, 2.24) is 0 Å². The molecule has 0 aliphatic heterocycles. The first-order valence-electron chi connectivity index (χ1n) is 6.99. The first-order valence-corrected chi connectivity index (χ1v) is 7.79. The summed E-state index contributed by atoms with van der Waals surface area (Å²) in [5.74, 6) is -7.67. The van der Waals surface area contributed by atoms with Crippen molar-refractivity contribution >= 4 is 45.0 Å². The number of ketones is 4. The van der Waals surface area contributed by atoms with Gasteiger partial charge in [0.15, 0.2) is 0 Å². The summed E-state index contributed by atoms with van der Waals surface area (Å²) in [6.07, 6.45) is -0.294. The van der Waals surface area contributed by atoms with Gasteiger partial charge in [-0.25, -0.2) is 4.79 Å². The molecule has 0 heterocycles. The van der Waals surface area contributed by atoms with Crippen molar-refractivity contribution in [3.05, 3.63) is 28.2 Å². The molecule has 0 aliphatic carbocycles. The number of esters is 1. The summed E-state index contributed by atoms with van der Waals surface area (Å²) in [5, 5.41) is 0. The van der Waals surface area contributed by atoms with Crippen LogP contribution in [0.25, 0.3) is 0 Å². The Kier molecular flexibility index (Phi) is 6.97. The molecule has 7 nitrogen and oxygen atoms in total. The molecule has 0 aliphatic rings. The van der Waals surface area contributed by atoms with Gasteiger partial charge in [-0.15, -0.1) is 0 Å². The molecule has 0 fully saturated rings. The highest BCUT2D eigenvalue weighted by Gasteiger charge is 2.35. The molecule has 0 unspecified atom stereocenters. The molecule has 0 N–H and O–H groups in total. The predicted molar refractivity (Wildman–Crippen MR) is 85.9 cm³/mol. The van der Waals surface area contributed by atoms with E-state index in [0.717, 1.165) is 0 Å². The van der Waals surface area contributed by atoms with E-state index in [1.807, 2.05) is 0 Å². The van der Waals surface area contributed by atoms with Crippen LogP contribution in [0.15, 0.2) is 22.7 Å². The molecule has 1 aromatic rings. The third-order valence-electron chi connectivity index (χ3n) is 2.63. The van der Waals surface area contributed by atoms with Crippen LogP contribution in [-0.2, 0) is 23.9 Å². The number of carbonyl (C=O) groups is 5. The van der Waals surface area contributed by atoms with Crippen LogP contribution in [0, 0.1) is 0 Å².